The predicted octanol–water partition coefficient (Wildman–Crippen LogP) is 12.0. The van der Waals surface area contributed by atoms with Crippen LogP contribution in [0.1, 0.15) is 188 Å². The van der Waals surface area contributed by atoms with Crippen molar-refractivity contribution in [2.24, 2.45) is 0 Å². The minimum atomic E-state index is 0.247. The van der Waals surface area contributed by atoms with Crippen LogP contribution < -0.4 is 0 Å². The van der Waals surface area contributed by atoms with Crippen molar-refractivity contribution in [1.82, 2.24) is 0 Å². The molecule has 39 heavy (non-hydrogen) atoms. The number of allylic oxidation sites excluding steroid dienone is 1. The molecule has 0 fully saturated rings. The van der Waals surface area contributed by atoms with Gasteiger partial charge in [-0.2, -0.15) is 0 Å². The maximum atomic E-state index is 6.24. The summed E-state index contributed by atoms with van der Waals surface area (Å²) in [4.78, 5) is 0. The first-order chi connectivity index (χ1) is 19.3. The Balaban J connectivity index is 4.46. The van der Waals surface area contributed by atoms with E-state index in [1.165, 1.54) is 128 Å². The van der Waals surface area contributed by atoms with E-state index in [4.69, 9.17) is 18.9 Å². The normalized spacial score (nSPS) is 12.0. The smallest absolute Gasteiger partial charge is 0.321 e. The van der Waals surface area contributed by atoms with Crippen molar-refractivity contribution in [2.45, 2.75) is 188 Å². The molecule has 0 rings (SSSR count). The fourth-order valence-electron chi connectivity index (χ4n) is 4.81. The van der Waals surface area contributed by atoms with E-state index in [1.807, 2.05) is 0 Å². The van der Waals surface area contributed by atoms with Crippen LogP contribution in [0.25, 0.3) is 0 Å². The SMILES string of the molecule is CCCCCCCCCCOC(CCC)=C(OCCCCCCCCCC)OCOCCCCCCCCC. The Morgan fingerprint density at radius 1 is 0.359 bits per heavy atom. The van der Waals surface area contributed by atoms with Crippen LogP contribution in [0, 0.1) is 0 Å². The molecule has 0 radical (unpaired) electrons. The molecule has 0 aromatic heterocycles. The van der Waals surface area contributed by atoms with E-state index in [9.17, 15) is 0 Å². The summed E-state index contributed by atoms with van der Waals surface area (Å²) in [5.41, 5.74) is 0. The molecule has 0 aromatic carbocycles. The third-order valence-electron chi connectivity index (χ3n) is 7.38. The van der Waals surface area contributed by atoms with Crippen molar-refractivity contribution in [3.05, 3.63) is 11.7 Å². The van der Waals surface area contributed by atoms with Crippen molar-refractivity contribution < 1.29 is 18.9 Å². The standard InChI is InChI=1S/C35H70O4/c1-5-9-12-15-18-21-24-27-31-37-34(29-8-4)35(38-32-28-25-22-19-16-13-10-6-2)39-33-36-30-26-23-20-17-14-11-7-3/h5-33H2,1-4H3. The largest absolute Gasteiger partial charge is 0.491 e. The van der Waals surface area contributed by atoms with Gasteiger partial charge in [0.05, 0.1) is 19.8 Å². The third-order valence-corrected chi connectivity index (χ3v) is 7.38. The van der Waals surface area contributed by atoms with Crippen LogP contribution in [0.3, 0.4) is 0 Å². The lowest BCUT2D eigenvalue weighted by Crippen LogP contribution is -2.10. The van der Waals surface area contributed by atoms with Crippen LogP contribution in [-0.4, -0.2) is 26.6 Å². The summed E-state index contributed by atoms with van der Waals surface area (Å²) in [5, 5.41) is 0. The Hall–Kier alpha value is -0.900. The van der Waals surface area contributed by atoms with Gasteiger partial charge in [-0.05, 0) is 25.7 Å². The summed E-state index contributed by atoms with van der Waals surface area (Å²) in [7, 11) is 0. The molecule has 0 unspecified atom stereocenters. The lowest BCUT2D eigenvalue weighted by atomic mass is 10.1. The monoisotopic (exact) mass is 555 g/mol. The van der Waals surface area contributed by atoms with E-state index in [0.717, 1.165) is 51.1 Å². The highest BCUT2D eigenvalue weighted by atomic mass is 16.7. The van der Waals surface area contributed by atoms with Crippen LogP contribution in [-0.2, 0) is 18.9 Å². The van der Waals surface area contributed by atoms with Crippen molar-refractivity contribution >= 4 is 0 Å². The lowest BCUT2D eigenvalue weighted by molar-refractivity contribution is -0.0845. The first kappa shape index (κ1) is 38.1. The molecule has 0 atom stereocenters. The molecule has 0 aliphatic carbocycles. The van der Waals surface area contributed by atoms with Gasteiger partial charge in [0, 0.05) is 6.42 Å². The van der Waals surface area contributed by atoms with Gasteiger partial charge in [-0.3, -0.25) is 0 Å². The molecular formula is C35H70O4. The number of ether oxygens (including phenoxy) is 4. The van der Waals surface area contributed by atoms with E-state index in [-0.39, 0.29) is 6.79 Å². The van der Waals surface area contributed by atoms with Crippen LogP contribution in [0.15, 0.2) is 11.7 Å². The molecule has 0 aliphatic heterocycles. The zero-order chi connectivity index (χ0) is 28.5. The van der Waals surface area contributed by atoms with Crippen LogP contribution in [0.2, 0.25) is 0 Å². The van der Waals surface area contributed by atoms with Crippen molar-refractivity contribution in [1.29, 1.82) is 0 Å². The van der Waals surface area contributed by atoms with Gasteiger partial charge >= 0.3 is 5.95 Å². The first-order valence-corrected chi connectivity index (χ1v) is 17.5. The van der Waals surface area contributed by atoms with Gasteiger partial charge in [-0.25, -0.2) is 0 Å². The summed E-state index contributed by atoms with van der Waals surface area (Å²) in [6.07, 6.45) is 31.7. The molecular weight excluding hydrogens is 484 g/mol. The maximum absolute atomic E-state index is 6.24. The number of hydrogen-bond donors (Lipinski definition) is 0. The average Bonchev–Trinajstić information content (AvgIpc) is 2.94. The Morgan fingerprint density at radius 2 is 0.744 bits per heavy atom. The Bertz CT molecular complexity index is 491. The summed E-state index contributed by atoms with van der Waals surface area (Å²) in [6.45, 7) is 11.4. The Labute approximate surface area is 245 Å². The van der Waals surface area contributed by atoms with Gasteiger partial charge in [0.1, 0.15) is 0 Å². The maximum Gasteiger partial charge on any atom is 0.321 e. The Kier molecular flexibility index (Phi) is 32.5. The molecule has 0 spiro atoms. The molecule has 0 saturated carbocycles. The molecule has 0 bridgehead atoms. The van der Waals surface area contributed by atoms with Gasteiger partial charge in [0.25, 0.3) is 0 Å². The van der Waals surface area contributed by atoms with Gasteiger partial charge in [0.15, 0.2) is 12.6 Å². The van der Waals surface area contributed by atoms with Gasteiger partial charge in [0.2, 0.25) is 0 Å². The first-order valence-electron chi connectivity index (χ1n) is 17.5. The summed E-state index contributed by atoms with van der Waals surface area (Å²) in [5.74, 6) is 1.44. The van der Waals surface area contributed by atoms with E-state index < -0.39 is 0 Å². The van der Waals surface area contributed by atoms with E-state index in [1.54, 1.807) is 0 Å². The molecule has 4 heteroatoms. The fraction of sp³-hybridized carbons (Fsp3) is 0.943. The number of unbranched alkanes of at least 4 members (excludes halogenated alkanes) is 20. The second kappa shape index (κ2) is 33.3. The molecule has 234 valence electrons. The van der Waals surface area contributed by atoms with E-state index in [2.05, 4.69) is 27.7 Å². The zero-order valence-electron chi connectivity index (χ0n) is 27.1. The highest BCUT2D eigenvalue weighted by molar-refractivity contribution is 4.95. The summed E-state index contributed by atoms with van der Waals surface area (Å²) < 4.78 is 24.3. The highest BCUT2D eigenvalue weighted by Gasteiger charge is 2.12. The second-order valence-electron chi connectivity index (χ2n) is 11.4. The third kappa shape index (κ3) is 28.4. The summed E-state index contributed by atoms with van der Waals surface area (Å²) in [6, 6.07) is 0. The molecule has 0 saturated heterocycles. The average molecular weight is 555 g/mol. The Morgan fingerprint density at radius 3 is 1.18 bits per heavy atom. The fourth-order valence-corrected chi connectivity index (χ4v) is 4.81. The quantitative estimate of drug-likeness (QED) is 0.0459. The topological polar surface area (TPSA) is 36.9 Å². The van der Waals surface area contributed by atoms with Crippen molar-refractivity contribution in [3.8, 4) is 0 Å². The van der Waals surface area contributed by atoms with Crippen LogP contribution >= 0.6 is 0 Å². The molecule has 0 aromatic rings. The molecule has 0 amide bonds. The minimum Gasteiger partial charge on any atom is -0.491 e. The van der Waals surface area contributed by atoms with Crippen molar-refractivity contribution in [3.63, 3.8) is 0 Å². The van der Waals surface area contributed by atoms with Crippen molar-refractivity contribution in [2.75, 3.05) is 26.6 Å². The highest BCUT2D eigenvalue weighted by Crippen LogP contribution is 2.19. The number of hydrogen-bond acceptors (Lipinski definition) is 4. The molecule has 0 heterocycles. The van der Waals surface area contributed by atoms with Gasteiger partial charge in [-0.1, -0.05) is 156 Å². The summed E-state index contributed by atoms with van der Waals surface area (Å²) >= 11 is 0. The lowest BCUT2D eigenvalue weighted by Gasteiger charge is -2.18. The van der Waals surface area contributed by atoms with Crippen LogP contribution in [0.4, 0.5) is 0 Å². The van der Waals surface area contributed by atoms with Gasteiger partial charge in [-0.15, -0.1) is 0 Å². The van der Waals surface area contributed by atoms with Gasteiger partial charge < -0.3 is 18.9 Å². The van der Waals surface area contributed by atoms with E-state index >= 15 is 0 Å². The van der Waals surface area contributed by atoms with Crippen LogP contribution in [0.5, 0.6) is 0 Å². The second-order valence-corrected chi connectivity index (χ2v) is 11.4. The molecule has 0 aliphatic rings. The minimum absolute atomic E-state index is 0.247. The van der Waals surface area contributed by atoms with E-state index in [0.29, 0.717) is 12.6 Å². The molecule has 4 nitrogen and oxygen atoms in total. The number of rotatable bonds is 33. The zero-order valence-corrected chi connectivity index (χ0v) is 27.1. The molecule has 0 N–H and O–H groups in total. The predicted molar refractivity (Wildman–Crippen MR) is 169 cm³/mol.